The van der Waals surface area contributed by atoms with Crippen LogP contribution in [0, 0.1) is 0 Å². The molecule has 0 fully saturated rings. The van der Waals surface area contributed by atoms with Gasteiger partial charge in [0.2, 0.25) is 0 Å². The van der Waals surface area contributed by atoms with Crippen LogP contribution in [0.2, 0.25) is 0 Å². The Morgan fingerprint density at radius 2 is 1.00 bits per heavy atom. The molecule has 11 rings (SSSR count). The molecule has 56 heavy (non-hydrogen) atoms. The van der Waals surface area contributed by atoms with Crippen molar-refractivity contribution in [3.63, 3.8) is 0 Å². The Bertz CT molecular complexity index is 3790. The summed E-state index contributed by atoms with van der Waals surface area (Å²) in [5.74, 6) is 1.01. The first-order valence-corrected chi connectivity index (χ1v) is 18.8. The molecule has 0 amide bonds. The maximum Gasteiger partial charge on any atom is 0.165 e. The monoisotopic (exact) mass is 742 g/mol. The van der Waals surface area contributed by atoms with Crippen LogP contribution in [-0.4, -0.2) is 19.5 Å². The van der Waals surface area contributed by atoms with Crippen molar-refractivity contribution in [2.24, 2.45) is 0 Å². The largest absolute Gasteiger partial charge is 0.309 e. The first kappa shape index (κ1) is 23.5. The second-order valence-corrected chi connectivity index (χ2v) is 14.3. The van der Waals surface area contributed by atoms with Gasteiger partial charge in [0.15, 0.2) is 17.5 Å². The van der Waals surface area contributed by atoms with E-state index in [1.54, 1.807) is 40.2 Å². The van der Waals surface area contributed by atoms with Gasteiger partial charge in [0.1, 0.15) is 0 Å². The summed E-state index contributed by atoms with van der Waals surface area (Å²) in [6.45, 7) is 0. The van der Waals surface area contributed by atoms with Crippen LogP contribution in [0.15, 0.2) is 194 Å². The average molecular weight is 743 g/mol. The van der Waals surface area contributed by atoms with Crippen LogP contribution in [-0.2, 0) is 0 Å². The highest BCUT2D eigenvalue weighted by Crippen LogP contribution is 2.41. The highest BCUT2D eigenvalue weighted by molar-refractivity contribution is 7.26. The van der Waals surface area contributed by atoms with Crippen LogP contribution in [0.4, 0.5) is 0 Å². The van der Waals surface area contributed by atoms with Crippen LogP contribution in [0.25, 0.3) is 104 Å². The van der Waals surface area contributed by atoms with Crippen LogP contribution in [0.1, 0.15) is 13.7 Å². The van der Waals surface area contributed by atoms with E-state index < -0.39 is 36.3 Å². The van der Waals surface area contributed by atoms with Crippen molar-refractivity contribution in [1.29, 1.82) is 0 Å². The van der Waals surface area contributed by atoms with Crippen LogP contribution in [0.5, 0.6) is 0 Å². The second kappa shape index (κ2) is 13.3. The van der Waals surface area contributed by atoms with E-state index >= 15 is 0 Å². The Morgan fingerprint density at radius 1 is 0.411 bits per heavy atom. The van der Waals surface area contributed by atoms with E-state index in [0.717, 1.165) is 47.6 Å². The number of aromatic nitrogens is 4. The predicted molar refractivity (Wildman–Crippen MR) is 234 cm³/mol. The van der Waals surface area contributed by atoms with Crippen molar-refractivity contribution in [3.8, 4) is 62.1 Å². The Morgan fingerprint density at radius 3 is 1.82 bits per heavy atom. The molecule has 0 aliphatic heterocycles. The Labute approximate surface area is 341 Å². The van der Waals surface area contributed by atoms with Gasteiger partial charge in [0, 0.05) is 53.3 Å². The van der Waals surface area contributed by atoms with Crippen molar-refractivity contribution in [1.82, 2.24) is 19.5 Å². The number of rotatable bonds is 6. The lowest BCUT2D eigenvalue weighted by Crippen LogP contribution is -2.01. The zero-order chi connectivity index (χ0) is 45.7. The lowest BCUT2D eigenvalue weighted by molar-refractivity contribution is 1.08. The molecule has 3 aromatic heterocycles. The Balaban J connectivity index is 1.08. The quantitative estimate of drug-likeness (QED) is 0.170. The summed E-state index contributed by atoms with van der Waals surface area (Å²) in [7, 11) is 0. The van der Waals surface area contributed by atoms with Gasteiger partial charge in [0.25, 0.3) is 0 Å². The average Bonchev–Trinajstić information content (AvgIpc) is 3.90. The van der Waals surface area contributed by atoms with Crippen molar-refractivity contribution >= 4 is 53.3 Å². The normalized spacial score (nSPS) is 14.1. The zero-order valence-electron chi connectivity index (χ0n) is 39.4. The molecule has 4 nitrogen and oxygen atoms in total. The number of hydrogen-bond acceptors (Lipinski definition) is 4. The number of para-hydroxylation sites is 2. The highest BCUT2D eigenvalue weighted by atomic mass is 32.1. The van der Waals surface area contributed by atoms with E-state index in [1.807, 2.05) is 91.0 Å². The predicted octanol–water partition coefficient (Wildman–Crippen LogP) is 13.7. The molecule has 262 valence electrons. The fourth-order valence-corrected chi connectivity index (χ4v) is 8.72. The topological polar surface area (TPSA) is 43.6 Å². The number of benzene rings is 8. The summed E-state index contributed by atoms with van der Waals surface area (Å²) in [6.07, 6.45) is 0. The molecular formula is C51H32N4S. The van der Waals surface area contributed by atoms with E-state index in [-0.39, 0.29) is 41.2 Å². The zero-order valence-corrected chi connectivity index (χ0v) is 30.2. The third-order valence-corrected chi connectivity index (χ3v) is 11.3. The lowest BCUT2D eigenvalue weighted by atomic mass is 9.99. The van der Waals surface area contributed by atoms with Gasteiger partial charge in [-0.2, -0.15) is 0 Å². The minimum atomic E-state index is -0.479. The van der Waals surface area contributed by atoms with Gasteiger partial charge in [-0.25, -0.2) is 15.0 Å². The summed E-state index contributed by atoms with van der Waals surface area (Å²) < 4.78 is 89.3. The summed E-state index contributed by atoms with van der Waals surface area (Å²) in [4.78, 5) is 15.2. The van der Waals surface area contributed by atoms with Gasteiger partial charge in [-0.3, -0.25) is 0 Å². The van der Waals surface area contributed by atoms with Gasteiger partial charge in [-0.05, 0) is 58.6 Å². The van der Waals surface area contributed by atoms with E-state index in [1.165, 1.54) is 0 Å². The van der Waals surface area contributed by atoms with E-state index in [0.29, 0.717) is 39.4 Å². The van der Waals surface area contributed by atoms with Crippen molar-refractivity contribution in [2.45, 2.75) is 0 Å². The molecular weight excluding hydrogens is 701 g/mol. The number of thiophene rings is 1. The van der Waals surface area contributed by atoms with E-state index in [2.05, 4.69) is 18.2 Å². The molecule has 0 saturated carbocycles. The molecule has 0 saturated heterocycles. The Hall–Kier alpha value is -7.21. The molecule has 8 aromatic carbocycles. The molecule has 0 spiro atoms. The second-order valence-electron chi connectivity index (χ2n) is 13.3. The molecule has 0 N–H and O–H groups in total. The van der Waals surface area contributed by atoms with Gasteiger partial charge >= 0.3 is 0 Å². The molecule has 0 unspecified atom stereocenters. The van der Waals surface area contributed by atoms with Gasteiger partial charge in [0.05, 0.1) is 24.7 Å². The molecule has 0 radical (unpaired) electrons. The molecule has 0 aliphatic carbocycles. The molecule has 0 atom stereocenters. The number of hydrogen-bond donors (Lipinski definition) is 0. The fraction of sp³-hybridized carbons (Fsp3) is 0. The third-order valence-electron chi connectivity index (χ3n) is 10.1. The van der Waals surface area contributed by atoms with Crippen molar-refractivity contribution < 1.29 is 13.7 Å². The van der Waals surface area contributed by atoms with Crippen LogP contribution >= 0.6 is 11.3 Å². The van der Waals surface area contributed by atoms with Crippen LogP contribution < -0.4 is 0 Å². The van der Waals surface area contributed by atoms with Crippen LogP contribution in [0.3, 0.4) is 0 Å². The fourth-order valence-electron chi connectivity index (χ4n) is 7.51. The first-order chi connectivity index (χ1) is 31.9. The summed E-state index contributed by atoms with van der Waals surface area (Å²) >= 11 is 1.64. The minimum Gasteiger partial charge on any atom is -0.309 e. The first-order valence-electron chi connectivity index (χ1n) is 23.0. The minimum absolute atomic E-state index is 0.0404. The summed E-state index contributed by atoms with van der Waals surface area (Å²) in [5.41, 5.74) is 5.46. The van der Waals surface area contributed by atoms with Gasteiger partial charge in [-0.1, -0.05) is 158 Å². The van der Waals surface area contributed by atoms with E-state index in [9.17, 15) is 0 Å². The number of fused-ring (bicyclic) bond motifs is 6. The van der Waals surface area contributed by atoms with Gasteiger partial charge < -0.3 is 4.57 Å². The molecule has 11 aromatic rings. The maximum absolute atomic E-state index is 8.84. The molecule has 0 bridgehead atoms. The standard InChI is InChI=1S/C51H32N4S/c1-3-14-34(15-4-1)38-18-7-8-21-43(38)50-52-49(53-51(54-50)44-23-13-22-42-41-20-10-12-25-47(41)56-48(42)44)35-28-26-33(27-29-35)36-30-31-40-39-19-9-11-24-45(39)55(46(40)32-36)37-16-5-2-6-17-37/h1-32H/i1D,2D,3D,4D,5D,6D,14D,15D,16D,17D. The van der Waals surface area contributed by atoms with E-state index in [4.69, 9.17) is 28.7 Å². The third kappa shape index (κ3) is 5.40. The Kier molecular flexibility index (Phi) is 5.58. The smallest absolute Gasteiger partial charge is 0.165 e. The molecule has 3 heterocycles. The maximum atomic E-state index is 8.84. The number of nitrogens with zero attached hydrogens (tertiary/aromatic N) is 4. The summed E-state index contributed by atoms with van der Waals surface area (Å²) in [5, 5.41) is 3.91. The van der Waals surface area contributed by atoms with Crippen molar-refractivity contribution in [3.05, 3.63) is 194 Å². The SMILES string of the molecule is [2H]c1c([2H])c([2H])c(-c2ccccc2-c2nc(-c3ccc(-c4ccc5c6ccccc6n(-c6c([2H])c([2H])c([2H])c([2H])c6[2H])c5c4)cc3)nc(-c3cccc4c3sc3ccccc34)n2)c([2H])c1[2H]. The lowest BCUT2D eigenvalue weighted by Gasteiger charge is -2.13. The molecule has 5 heteroatoms. The van der Waals surface area contributed by atoms with Crippen molar-refractivity contribution in [2.75, 3.05) is 0 Å². The summed E-state index contributed by atoms with van der Waals surface area (Å²) in [6, 6.07) is 38.6. The van der Waals surface area contributed by atoms with Gasteiger partial charge in [-0.15, -0.1) is 11.3 Å². The molecule has 0 aliphatic rings. The highest BCUT2D eigenvalue weighted by Gasteiger charge is 2.19.